The summed E-state index contributed by atoms with van der Waals surface area (Å²) in [5.41, 5.74) is 4.32. The number of hydrogen-bond donors (Lipinski definition) is 0. The number of fused-ring (bicyclic) bond motifs is 1. The Morgan fingerprint density at radius 3 is 2.88 bits per heavy atom. The predicted octanol–water partition coefficient (Wildman–Crippen LogP) is 4.10. The van der Waals surface area contributed by atoms with E-state index in [1.54, 1.807) is 0 Å². The second-order valence-corrected chi connectivity index (χ2v) is 4.60. The Kier molecular flexibility index (Phi) is 3.66. The van der Waals surface area contributed by atoms with Gasteiger partial charge in [0.05, 0.1) is 0 Å². The third kappa shape index (κ3) is 2.29. The molecule has 0 atom stereocenters. The van der Waals surface area contributed by atoms with Gasteiger partial charge in [-0.15, -0.1) is 0 Å². The first kappa shape index (κ1) is 11.3. The zero-order valence-corrected chi connectivity index (χ0v) is 10.4. The van der Waals surface area contributed by atoms with Crippen molar-refractivity contribution in [3.05, 3.63) is 35.9 Å². The highest BCUT2D eigenvalue weighted by molar-refractivity contribution is 5.85. The van der Waals surface area contributed by atoms with Gasteiger partial charge >= 0.3 is 0 Å². The summed E-state index contributed by atoms with van der Waals surface area (Å²) in [5.74, 6) is 0. The van der Waals surface area contributed by atoms with Crippen molar-refractivity contribution in [2.45, 2.75) is 32.6 Å². The van der Waals surface area contributed by atoms with Crippen LogP contribution in [0.15, 0.2) is 30.3 Å². The molecule has 0 N–H and O–H groups in total. The van der Waals surface area contributed by atoms with Crippen LogP contribution in [-0.4, -0.2) is 13.6 Å². The second-order valence-electron chi connectivity index (χ2n) is 4.60. The van der Waals surface area contributed by atoms with Crippen molar-refractivity contribution in [3.63, 3.8) is 0 Å². The maximum absolute atomic E-state index is 2.43. The van der Waals surface area contributed by atoms with Crippen LogP contribution in [0.25, 0.3) is 5.57 Å². The summed E-state index contributed by atoms with van der Waals surface area (Å²) in [4.78, 5) is 2.33. The lowest BCUT2D eigenvalue weighted by atomic mass is 10.1. The van der Waals surface area contributed by atoms with Crippen LogP contribution < -0.4 is 4.90 Å². The van der Waals surface area contributed by atoms with Gasteiger partial charge in [0.15, 0.2) is 0 Å². The second kappa shape index (κ2) is 5.20. The molecule has 0 radical (unpaired) electrons. The smallest absolute Gasteiger partial charge is 0.0443 e. The monoisotopic (exact) mass is 215 g/mol. The highest BCUT2D eigenvalue weighted by Gasteiger charge is 2.18. The summed E-state index contributed by atoms with van der Waals surface area (Å²) < 4.78 is 0. The first-order valence-electron chi connectivity index (χ1n) is 6.32. The van der Waals surface area contributed by atoms with Crippen LogP contribution in [0, 0.1) is 0 Å². The van der Waals surface area contributed by atoms with E-state index < -0.39 is 0 Å². The third-order valence-electron chi connectivity index (χ3n) is 3.27. The highest BCUT2D eigenvalue weighted by Crippen LogP contribution is 2.34. The van der Waals surface area contributed by atoms with E-state index in [0.717, 1.165) is 6.54 Å². The Labute approximate surface area is 98.8 Å². The molecular formula is C15H21N. The minimum Gasteiger partial charge on any atom is -0.370 e. The third-order valence-corrected chi connectivity index (χ3v) is 3.27. The topological polar surface area (TPSA) is 3.24 Å². The average molecular weight is 215 g/mol. The summed E-state index contributed by atoms with van der Waals surface area (Å²) in [6.45, 7) is 3.33. The molecule has 1 aliphatic rings. The fraction of sp³-hybridized carbons (Fsp3) is 0.467. The van der Waals surface area contributed by atoms with Gasteiger partial charge < -0.3 is 4.90 Å². The molecule has 1 aromatic carbocycles. The lowest BCUT2D eigenvalue weighted by Gasteiger charge is -2.09. The quantitative estimate of drug-likeness (QED) is 0.683. The normalized spacial score (nSPS) is 16.9. The van der Waals surface area contributed by atoms with E-state index >= 15 is 0 Å². The largest absolute Gasteiger partial charge is 0.370 e. The van der Waals surface area contributed by atoms with E-state index in [1.165, 1.54) is 42.5 Å². The molecule has 0 aromatic heterocycles. The number of nitrogens with zero attached hydrogens (tertiary/aromatic N) is 1. The van der Waals surface area contributed by atoms with Gasteiger partial charge in [-0.25, -0.2) is 0 Å². The van der Waals surface area contributed by atoms with Gasteiger partial charge in [0.2, 0.25) is 0 Å². The summed E-state index contributed by atoms with van der Waals surface area (Å²) in [6.07, 6.45) is 7.64. The molecular weight excluding hydrogens is 194 g/mol. The zero-order valence-electron chi connectivity index (χ0n) is 10.4. The van der Waals surface area contributed by atoms with Crippen LogP contribution in [0.5, 0.6) is 0 Å². The van der Waals surface area contributed by atoms with Crippen LogP contribution in [0.3, 0.4) is 0 Å². The number of para-hydroxylation sites is 1. The summed E-state index contributed by atoms with van der Waals surface area (Å²) in [5, 5.41) is 0. The first-order valence-corrected chi connectivity index (χ1v) is 6.32. The molecule has 1 heteroatoms. The number of allylic oxidation sites excluding steroid dienone is 1. The van der Waals surface area contributed by atoms with Gasteiger partial charge in [-0.05, 0) is 24.5 Å². The number of rotatable bonds is 4. The van der Waals surface area contributed by atoms with Gasteiger partial charge in [0.1, 0.15) is 0 Å². The maximum Gasteiger partial charge on any atom is 0.0443 e. The number of likely N-dealkylation sites (N-methyl/N-ethyl adjacent to an activating group) is 1. The molecule has 1 aliphatic heterocycles. The maximum atomic E-state index is 2.43. The van der Waals surface area contributed by atoms with E-state index in [0.29, 0.717) is 0 Å². The highest BCUT2D eigenvalue weighted by atomic mass is 15.1. The van der Waals surface area contributed by atoms with E-state index in [-0.39, 0.29) is 0 Å². The molecule has 0 unspecified atom stereocenters. The number of unbranched alkanes of at least 4 members (excludes halogenated alkanes) is 3. The van der Waals surface area contributed by atoms with E-state index in [9.17, 15) is 0 Å². The van der Waals surface area contributed by atoms with Crippen LogP contribution in [-0.2, 0) is 0 Å². The minimum atomic E-state index is 1.07. The average Bonchev–Trinajstić information content (AvgIpc) is 2.63. The molecule has 0 aliphatic carbocycles. The molecule has 1 aromatic rings. The number of anilines is 1. The van der Waals surface area contributed by atoms with Crippen molar-refractivity contribution in [2.24, 2.45) is 0 Å². The fourth-order valence-corrected chi connectivity index (χ4v) is 2.35. The van der Waals surface area contributed by atoms with E-state index in [1.807, 2.05) is 0 Å². The fourth-order valence-electron chi connectivity index (χ4n) is 2.35. The lowest BCUT2D eigenvalue weighted by Crippen LogP contribution is -2.12. The molecule has 16 heavy (non-hydrogen) atoms. The van der Waals surface area contributed by atoms with Gasteiger partial charge in [0, 0.05) is 24.8 Å². The van der Waals surface area contributed by atoms with Crippen molar-refractivity contribution in [3.8, 4) is 0 Å². The van der Waals surface area contributed by atoms with Crippen molar-refractivity contribution in [1.82, 2.24) is 0 Å². The molecule has 0 amide bonds. The van der Waals surface area contributed by atoms with Crippen molar-refractivity contribution in [1.29, 1.82) is 0 Å². The molecule has 0 fully saturated rings. The molecule has 0 saturated heterocycles. The first-order chi connectivity index (χ1) is 7.83. The molecule has 0 saturated carbocycles. The van der Waals surface area contributed by atoms with Gasteiger partial charge in [-0.2, -0.15) is 0 Å². The molecule has 0 bridgehead atoms. The molecule has 1 nitrogen and oxygen atoms in total. The van der Waals surface area contributed by atoms with Crippen LogP contribution in [0.2, 0.25) is 0 Å². The summed E-state index contributed by atoms with van der Waals surface area (Å²) in [7, 11) is 2.17. The van der Waals surface area contributed by atoms with Gasteiger partial charge in [0.25, 0.3) is 0 Å². The summed E-state index contributed by atoms with van der Waals surface area (Å²) in [6, 6.07) is 8.71. The Morgan fingerprint density at radius 2 is 2.06 bits per heavy atom. The van der Waals surface area contributed by atoms with Crippen molar-refractivity contribution < 1.29 is 0 Å². The predicted molar refractivity (Wildman–Crippen MR) is 71.8 cm³/mol. The number of hydrogen-bond acceptors (Lipinski definition) is 1. The van der Waals surface area contributed by atoms with Crippen molar-refractivity contribution >= 4 is 11.3 Å². The van der Waals surface area contributed by atoms with Crippen LogP contribution in [0.1, 0.15) is 38.2 Å². The van der Waals surface area contributed by atoms with Gasteiger partial charge in [-0.3, -0.25) is 0 Å². The molecule has 2 rings (SSSR count). The summed E-state index contributed by atoms with van der Waals surface area (Å²) >= 11 is 0. The Bertz CT molecular complexity index is 379. The zero-order chi connectivity index (χ0) is 11.4. The molecule has 0 spiro atoms. The minimum absolute atomic E-state index is 1.07. The van der Waals surface area contributed by atoms with E-state index in [2.05, 4.69) is 49.2 Å². The van der Waals surface area contributed by atoms with Crippen LogP contribution >= 0.6 is 0 Å². The SMILES string of the molecule is CCCCC/C=C1\CN(C)c2ccccc21. The van der Waals surface area contributed by atoms with Crippen molar-refractivity contribution in [2.75, 3.05) is 18.5 Å². The lowest BCUT2D eigenvalue weighted by molar-refractivity contribution is 0.729. The van der Waals surface area contributed by atoms with E-state index in [4.69, 9.17) is 0 Å². The standard InChI is InChI=1S/C15H21N/c1-3-4-5-6-9-13-12-16(2)15-11-8-7-10-14(13)15/h7-11H,3-6,12H2,1-2H3/b13-9+. The Balaban J connectivity index is 2.08. The number of benzene rings is 1. The molecule has 1 heterocycles. The Morgan fingerprint density at radius 1 is 1.25 bits per heavy atom. The van der Waals surface area contributed by atoms with Crippen LogP contribution in [0.4, 0.5) is 5.69 Å². The molecule has 86 valence electrons. The van der Waals surface area contributed by atoms with Gasteiger partial charge in [-0.1, -0.05) is 44.0 Å². The Hall–Kier alpha value is -1.24.